The molecule has 0 aliphatic heterocycles. The highest BCUT2D eigenvalue weighted by atomic mass is 16.5. The normalized spacial score (nSPS) is 13.3. The average Bonchev–Trinajstić information content (AvgIpc) is 3.38. The largest absolute Gasteiger partial charge is 0.465 e. The van der Waals surface area contributed by atoms with Gasteiger partial charge in [0.25, 0.3) is 5.91 Å². The van der Waals surface area contributed by atoms with Crippen LogP contribution in [0.3, 0.4) is 0 Å². The molecule has 1 aromatic carbocycles. The van der Waals surface area contributed by atoms with Crippen LogP contribution in [0.5, 0.6) is 0 Å². The number of nitrogens with one attached hydrogen (secondary N) is 2. The Labute approximate surface area is 133 Å². The Bertz CT molecular complexity index is 741. The molecule has 1 aliphatic rings. The lowest BCUT2D eigenvalue weighted by molar-refractivity contribution is 0.0600. The SMILES string of the molecule is COC(=O)c1cccc(NC(=O)c2cc(NC3CC3)ccn2)c1. The van der Waals surface area contributed by atoms with E-state index in [9.17, 15) is 9.59 Å². The van der Waals surface area contributed by atoms with E-state index in [1.807, 2.05) is 6.07 Å². The van der Waals surface area contributed by atoms with Gasteiger partial charge in [0.2, 0.25) is 0 Å². The van der Waals surface area contributed by atoms with Gasteiger partial charge < -0.3 is 15.4 Å². The predicted molar refractivity (Wildman–Crippen MR) is 86.6 cm³/mol. The van der Waals surface area contributed by atoms with Crippen LogP contribution in [0, 0.1) is 0 Å². The van der Waals surface area contributed by atoms with Gasteiger partial charge in [-0.2, -0.15) is 0 Å². The summed E-state index contributed by atoms with van der Waals surface area (Å²) in [5.41, 5.74) is 2.10. The van der Waals surface area contributed by atoms with E-state index in [4.69, 9.17) is 0 Å². The molecular weight excluding hydrogens is 294 g/mol. The van der Waals surface area contributed by atoms with Gasteiger partial charge in [-0.05, 0) is 43.2 Å². The summed E-state index contributed by atoms with van der Waals surface area (Å²) in [5, 5.41) is 6.06. The number of ether oxygens (including phenoxy) is 1. The highest BCUT2D eigenvalue weighted by Gasteiger charge is 2.21. The maximum atomic E-state index is 12.3. The molecule has 0 unspecified atom stereocenters. The zero-order valence-corrected chi connectivity index (χ0v) is 12.7. The van der Waals surface area contributed by atoms with Gasteiger partial charge in [0.05, 0.1) is 12.7 Å². The second kappa shape index (κ2) is 6.48. The van der Waals surface area contributed by atoms with Crippen LogP contribution in [-0.2, 0) is 4.74 Å². The van der Waals surface area contributed by atoms with Crippen molar-refractivity contribution in [1.29, 1.82) is 0 Å². The molecule has 0 spiro atoms. The minimum Gasteiger partial charge on any atom is -0.465 e. The van der Waals surface area contributed by atoms with Crippen LogP contribution in [0.2, 0.25) is 0 Å². The highest BCUT2D eigenvalue weighted by Crippen LogP contribution is 2.24. The summed E-state index contributed by atoms with van der Waals surface area (Å²) in [5.74, 6) is -0.777. The Morgan fingerprint density at radius 2 is 2.00 bits per heavy atom. The zero-order chi connectivity index (χ0) is 16.2. The van der Waals surface area contributed by atoms with Crippen LogP contribution in [0.15, 0.2) is 42.6 Å². The van der Waals surface area contributed by atoms with Gasteiger partial charge in [-0.15, -0.1) is 0 Å². The minimum absolute atomic E-state index is 0.319. The number of esters is 1. The molecule has 118 valence electrons. The van der Waals surface area contributed by atoms with Crippen molar-refractivity contribution in [2.75, 3.05) is 17.7 Å². The van der Waals surface area contributed by atoms with Crippen LogP contribution >= 0.6 is 0 Å². The first-order valence-electron chi connectivity index (χ1n) is 7.38. The van der Waals surface area contributed by atoms with Gasteiger partial charge in [0, 0.05) is 23.6 Å². The van der Waals surface area contributed by atoms with E-state index in [-0.39, 0.29) is 5.91 Å². The lowest BCUT2D eigenvalue weighted by Gasteiger charge is -2.08. The third-order valence-electron chi connectivity index (χ3n) is 3.48. The molecule has 1 heterocycles. The highest BCUT2D eigenvalue weighted by molar-refractivity contribution is 6.04. The maximum absolute atomic E-state index is 12.3. The summed E-state index contributed by atoms with van der Waals surface area (Å²) in [6.45, 7) is 0. The fourth-order valence-corrected chi connectivity index (χ4v) is 2.14. The van der Waals surface area contributed by atoms with E-state index >= 15 is 0 Å². The molecule has 0 atom stereocenters. The number of hydrogen-bond acceptors (Lipinski definition) is 5. The molecule has 6 nitrogen and oxygen atoms in total. The van der Waals surface area contributed by atoms with E-state index in [1.54, 1.807) is 36.5 Å². The van der Waals surface area contributed by atoms with Crippen molar-refractivity contribution in [1.82, 2.24) is 4.98 Å². The second-order valence-corrected chi connectivity index (χ2v) is 5.37. The van der Waals surface area contributed by atoms with Gasteiger partial charge in [-0.1, -0.05) is 6.07 Å². The number of aromatic nitrogens is 1. The fourth-order valence-electron chi connectivity index (χ4n) is 2.14. The molecule has 1 saturated carbocycles. The summed E-state index contributed by atoms with van der Waals surface area (Å²) in [6.07, 6.45) is 3.92. The third kappa shape index (κ3) is 3.85. The Morgan fingerprint density at radius 3 is 2.74 bits per heavy atom. The summed E-state index contributed by atoms with van der Waals surface area (Å²) >= 11 is 0. The van der Waals surface area contributed by atoms with Crippen LogP contribution in [0.1, 0.15) is 33.7 Å². The molecule has 23 heavy (non-hydrogen) atoms. The number of anilines is 2. The van der Waals surface area contributed by atoms with Crippen molar-refractivity contribution >= 4 is 23.3 Å². The van der Waals surface area contributed by atoms with Crippen molar-refractivity contribution in [2.45, 2.75) is 18.9 Å². The molecule has 2 N–H and O–H groups in total. The van der Waals surface area contributed by atoms with E-state index in [1.165, 1.54) is 7.11 Å². The quantitative estimate of drug-likeness (QED) is 0.830. The molecule has 6 heteroatoms. The van der Waals surface area contributed by atoms with E-state index < -0.39 is 5.97 Å². The number of nitrogens with zero attached hydrogens (tertiary/aromatic N) is 1. The number of hydrogen-bond donors (Lipinski definition) is 2. The molecule has 2 aromatic rings. The van der Waals surface area contributed by atoms with Gasteiger partial charge in [-0.25, -0.2) is 4.79 Å². The second-order valence-electron chi connectivity index (χ2n) is 5.37. The fraction of sp³-hybridized carbons (Fsp3) is 0.235. The zero-order valence-electron chi connectivity index (χ0n) is 12.7. The Kier molecular flexibility index (Phi) is 4.23. The molecule has 1 aromatic heterocycles. The van der Waals surface area contributed by atoms with Crippen molar-refractivity contribution in [3.05, 3.63) is 53.9 Å². The molecule has 0 radical (unpaired) electrons. The average molecular weight is 311 g/mol. The number of amides is 1. The van der Waals surface area contributed by atoms with E-state index in [0.29, 0.717) is 23.0 Å². The first-order chi connectivity index (χ1) is 11.2. The molecule has 0 bridgehead atoms. The standard InChI is InChI=1S/C17H17N3O3/c1-23-17(22)11-3-2-4-13(9-11)20-16(21)15-10-14(7-8-18-15)19-12-5-6-12/h2-4,7-10,12H,5-6H2,1H3,(H,18,19)(H,20,21). The maximum Gasteiger partial charge on any atom is 0.337 e. The van der Waals surface area contributed by atoms with Crippen molar-refractivity contribution in [3.63, 3.8) is 0 Å². The minimum atomic E-state index is -0.449. The van der Waals surface area contributed by atoms with Crippen LogP contribution in [-0.4, -0.2) is 30.0 Å². The lowest BCUT2D eigenvalue weighted by Crippen LogP contribution is -2.15. The Balaban J connectivity index is 1.72. The van der Waals surface area contributed by atoms with Crippen LogP contribution in [0.25, 0.3) is 0 Å². The monoisotopic (exact) mass is 311 g/mol. The Morgan fingerprint density at radius 1 is 1.17 bits per heavy atom. The summed E-state index contributed by atoms with van der Waals surface area (Å²) in [4.78, 5) is 27.9. The van der Waals surface area contributed by atoms with E-state index in [0.717, 1.165) is 18.5 Å². The molecule has 1 aliphatic carbocycles. The Hall–Kier alpha value is -2.89. The molecule has 0 saturated heterocycles. The van der Waals surface area contributed by atoms with Crippen molar-refractivity contribution in [3.8, 4) is 0 Å². The van der Waals surface area contributed by atoms with Gasteiger partial charge in [-0.3, -0.25) is 9.78 Å². The van der Waals surface area contributed by atoms with E-state index in [2.05, 4.69) is 20.4 Å². The number of rotatable bonds is 5. The number of carbonyl (C=O) groups is 2. The third-order valence-corrected chi connectivity index (χ3v) is 3.48. The first kappa shape index (κ1) is 15.0. The number of benzene rings is 1. The van der Waals surface area contributed by atoms with Gasteiger partial charge in [0.15, 0.2) is 0 Å². The van der Waals surface area contributed by atoms with Crippen LogP contribution < -0.4 is 10.6 Å². The number of pyridine rings is 1. The predicted octanol–water partition coefficient (Wildman–Crippen LogP) is 2.69. The lowest BCUT2D eigenvalue weighted by atomic mass is 10.2. The molecular formula is C17H17N3O3. The summed E-state index contributed by atoms with van der Waals surface area (Å²) in [7, 11) is 1.32. The topological polar surface area (TPSA) is 80.3 Å². The van der Waals surface area contributed by atoms with Gasteiger partial charge in [0.1, 0.15) is 5.69 Å². The number of methoxy groups -OCH3 is 1. The van der Waals surface area contributed by atoms with Crippen molar-refractivity contribution in [2.24, 2.45) is 0 Å². The summed E-state index contributed by atoms with van der Waals surface area (Å²) < 4.78 is 4.67. The first-order valence-corrected chi connectivity index (χ1v) is 7.38. The van der Waals surface area contributed by atoms with Crippen molar-refractivity contribution < 1.29 is 14.3 Å². The smallest absolute Gasteiger partial charge is 0.337 e. The molecule has 1 fully saturated rings. The van der Waals surface area contributed by atoms with Crippen LogP contribution in [0.4, 0.5) is 11.4 Å². The number of carbonyl (C=O) groups excluding carboxylic acids is 2. The summed E-state index contributed by atoms with van der Waals surface area (Å²) in [6, 6.07) is 10.6. The molecule has 1 amide bonds. The van der Waals surface area contributed by atoms with Gasteiger partial charge >= 0.3 is 5.97 Å². The molecule has 3 rings (SSSR count).